The molecule has 3 nitrogen and oxygen atoms in total. The summed E-state index contributed by atoms with van der Waals surface area (Å²) >= 11 is 1.72. The zero-order valence-corrected chi connectivity index (χ0v) is 10.8. The summed E-state index contributed by atoms with van der Waals surface area (Å²) in [5.41, 5.74) is 7.40. The second-order valence-corrected chi connectivity index (χ2v) is 4.39. The van der Waals surface area contributed by atoms with Crippen molar-refractivity contribution in [3.05, 3.63) is 22.4 Å². The number of hydrogen-bond acceptors (Lipinski definition) is 4. The first kappa shape index (κ1) is 13.6. The summed E-state index contributed by atoms with van der Waals surface area (Å²) in [6.45, 7) is 5.18. The van der Waals surface area contributed by atoms with Crippen molar-refractivity contribution in [2.45, 2.75) is 39.0 Å². The lowest BCUT2D eigenvalue weighted by Crippen LogP contribution is -2.39. The van der Waals surface area contributed by atoms with Crippen LogP contribution in [0.25, 0.3) is 0 Å². The summed E-state index contributed by atoms with van der Waals surface area (Å²) in [6, 6.07) is 2.08. The molecule has 0 aliphatic rings. The minimum atomic E-state index is -0.270. The second kappa shape index (κ2) is 7.79. The van der Waals surface area contributed by atoms with E-state index < -0.39 is 0 Å². The van der Waals surface area contributed by atoms with Crippen LogP contribution in [0.3, 0.4) is 0 Å². The van der Waals surface area contributed by atoms with Crippen molar-refractivity contribution in [3.8, 4) is 0 Å². The molecule has 1 aromatic rings. The maximum absolute atomic E-state index is 6.06. The molecular formula is C12H21NO2S. The Morgan fingerprint density at radius 1 is 1.31 bits per heavy atom. The van der Waals surface area contributed by atoms with Crippen LogP contribution in [-0.4, -0.2) is 25.5 Å². The second-order valence-electron chi connectivity index (χ2n) is 3.61. The van der Waals surface area contributed by atoms with E-state index in [-0.39, 0.29) is 12.3 Å². The van der Waals surface area contributed by atoms with E-state index in [0.29, 0.717) is 13.2 Å². The zero-order valence-electron chi connectivity index (χ0n) is 10.0. The van der Waals surface area contributed by atoms with Gasteiger partial charge in [0.25, 0.3) is 0 Å². The zero-order chi connectivity index (χ0) is 11.8. The Labute approximate surface area is 102 Å². The molecule has 1 unspecified atom stereocenters. The van der Waals surface area contributed by atoms with Gasteiger partial charge in [-0.25, -0.2) is 0 Å². The number of aryl methyl sites for hydroxylation is 1. The Morgan fingerprint density at radius 2 is 2.00 bits per heavy atom. The Bertz CT molecular complexity index is 258. The van der Waals surface area contributed by atoms with Crippen LogP contribution in [-0.2, 0) is 15.9 Å². The van der Waals surface area contributed by atoms with Crippen LogP contribution < -0.4 is 5.73 Å². The van der Waals surface area contributed by atoms with E-state index in [2.05, 4.69) is 16.8 Å². The molecular weight excluding hydrogens is 222 g/mol. The van der Waals surface area contributed by atoms with E-state index in [1.807, 2.05) is 13.8 Å². The molecule has 16 heavy (non-hydrogen) atoms. The highest BCUT2D eigenvalue weighted by Gasteiger charge is 2.17. The third kappa shape index (κ3) is 4.61. The fraction of sp³-hybridized carbons (Fsp3) is 0.667. The van der Waals surface area contributed by atoms with Gasteiger partial charge in [0.05, 0.1) is 6.04 Å². The Hall–Kier alpha value is -0.420. The lowest BCUT2D eigenvalue weighted by Gasteiger charge is -2.23. The van der Waals surface area contributed by atoms with Crippen molar-refractivity contribution in [2.24, 2.45) is 5.73 Å². The maximum Gasteiger partial charge on any atom is 0.172 e. The third-order valence-electron chi connectivity index (χ3n) is 2.36. The smallest absolute Gasteiger partial charge is 0.172 e. The van der Waals surface area contributed by atoms with Gasteiger partial charge in [-0.05, 0) is 49.1 Å². The molecule has 0 amide bonds. The van der Waals surface area contributed by atoms with Crippen LogP contribution in [0, 0.1) is 0 Å². The van der Waals surface area contributed by atoms with E-state index in [0.717, 1.165) is 12.8 Å². The van der Waals surface area contributed by atoms with Gasteiger partial charge in [-0.15, -0.1) is 0 Å². The van der Waals surface area contributed by atoms with Crippen LogP contribution in [0.5, 0.6) is 0 Å². The van der Waals surface area contributed by atoms with Crippen LogP contribution in [0.2, 0.25) is 0 Å². The van der Waals surface area contributed by atoms with Gasteiger partial charge >= 0.3 is 0 Å². The molecule has 0 bridgehead atoms. The highest BCUT2D eigenvalue weighted by molar-refractivity contribution is 7.07. The molecule has 0 aliphatic carbocycles. The van der Waals surface area contributed by atoms with Gasteiger partial charge in [-0.2, -0.15) is 11.3 Å². The van der Waals surface area contributed by atoms with Gasteiger partial charge in [-0.3, -0.25) is 0 Å². The van der Waals surface area contributed by atoms with Crippen molar-refractivity contribution in [1.29, 1.82) is 0 Å². The first-order chi connectivity index (χ1) is 7.77. The normalized spacial score (nSPS) is 13.2. The van der Waals surface area contributed by atoms with Gasteiger partial charge in [-0.1, -0.05) is 0 Å². The summed E-state index contributed by atoms with van der Waals surface area (Å²) in [7, 11) is 0. The fourth-order valence-corrected chi connectivity index (χ4v) is 2.23. The van der Waals surface area contributed by atoms with Gasteiger partial charge < -0.3 is 15.2 Å². The van der Waals surface area contributed by atoms with E-state index in [1.54, 1.807) is 11.3 Å². The van der Waals surface area contributed by atoms with E-state index >= 15 is 0 Å². The minimum absolute atomic E-state index is 0.0557. The summed E-state index contributed by atoms with van der Waals surface area (Å²) < 4.78 is 10.9. The standard InChI is InChI=1S/C12H21NO2S/c1-3-14-12(15-4-2)11(13)6-5-10-7-8-16-9-10/h7-9,11-12H,3-6,13H2,1-2H3. The van der Waals surface area contributed by atoms with Crippen molar-refractivity contribution in [3.63, 3.8) is 0 Å². The number of nitrogens with two attached hydrogens (primary N) is 1. The third-order valence-corrected chi connectivity index (χ3v) is 3.09. The highest BCUT2D eigenvalue weighted by Crippen LogP contribution is 2.12. The fourth-order valence-electron chi connectivity index (χ4n) is 1.53. The van der Waals surface area contributed by atoms with Crippen LogP contribution in [0.15, 0.2) is 16.8 Å². The molecule has 0 aromatic carbocycles. The van der Waals surface area contributed by atoms with Crippen LogP contribution in [0.1, 0.15) is 25.8 Å². The highest BCUT2D eigenvalue weighted by atomic mass is 32.1. The van der Waals surface area contributed by atoms with Crippen LogP contribution >= 0.6 is 11.3 Å². The molecule has 92 valence electrons. The van der Waals surface area contributed by atoms with Crippen molar-refractivity contribution in [2.75, 3.05) is 13.2 Å². The molecule has 1 aromatic heterocycles. The van der Waals surface area contributed by atoms with Gasteiger partial charge in [0.2, 0.25) is 0 Å². The Morgan fingerprint density at radius 3 is 2.50 bits per heavy atom. The van der Waals surface area contributed by atoms with E-state index in [4.69, 9.17) is 15.2 Å². The van der Waals surface area contributed by atoms with E-state index in [1.165, 1.54) is 5.56 Å². The minimum Gasteiger partial charge on any atom is -0.351 e. The number of ether oxygens (including phenoxy) is 2. The molecule has 0 saturated carbocycles. The molecule has 1 rings (SSSR count). The molecule has 0 aliphatic heterocycles. The quantitative estimate of drug-likeness (QED) is 0.713. The molecule has 1 heterocycles. The molecule has 0 saturated heterocycles. The molecule has 4 heteroatoms. The average Bonchev–Trinajstić information content (AvgIpc) is 2.78. The van der Waals surface area contributed by atoms with Crippen molar-refractivity contribution < 1.29 is 9.47 Å². The number of rotatable bonds is 8. The van der Waals surface area contributed by atoms with Gasteiger partial charge in [0.1, 0.15) is 0 Å². The van der Waals surface area contributed by atoms with Gasteiger partial charge in [0.15, 0.2) is 6.29 Å². The maximum atomic E-state index is 6.06. The van der Waals surface area contributed by atoms with E-state index in [9.17, 15) is 0 Å². The predicted octanol–water partition coefficient (Wildman–Crippen LogP) is 2.41. The summed E-state index contributed by atoms with van der Waals surface area (Å²) in [5.74, 6) is 0. The molecule has 1 atom stereocenters. The predicted molar refractivity (Wildman–Crippen MR) is 67.7 cm³/mol. The number of thiophene rings is 1. The van der Waals surface area contributed by atoms with Crippen LogP contribution in [0.4, 0.5) is 0 Å². The van der Waals surface area contributed by atoms with Crippen molar-refractivity contribution >= 4 is 11.3 Å². The van der Waals surface area contributed by atoms with Gasteiger partial charge in [0, 0.05) is 13.2 Å². The molecule has 2 N–H and O–H groups in total. The summed E-state index contributed by atoms with van der Waals surface area (Å²) in [6.07, 6.45) is 1.61. The molecule has 0 spiro atoms. The Balaban J connectivity index is 2.33. The first-order valence-electron chi connectivity index (χ1n) is 5.77. The summed E-state index contributed by atoms with van der Waals surface area (Å²) in [4.78, 5) is 0. The largest absolute Gasteiger partial charge is 0.351 e. The first-order valence-corrected chi connectivity index (χ1v) is 6.72. The summed E-state index contributed by atoms with van der Waals surface area (Å²) in [5, 5.41) is 4.24. The lowest BCUT2D eigenvalue weighted by atomic mass is 10.1. The topological polar surface area (TPSA) is 44.5 Å². The number of hydrogen-bond donors (Lipinski definition) is 1. The molecule has 0 radical (unpaired) electrons. The molecule has 0 fully saturated rings. The Kier molecular flexibility index (Phi) is 6.64. The monoisotopic (exact) mass is 243 g/mol. The lowest BCUT2D eigenvalue weighted by molar-refractivity contribution is -0.149. The SMILES string of the molecule is CCOC(OCC)C(N)CCc1ccsc1. The van der Waals surface area contributed by atoms with Crippen molar-refractivity contribution in [1.82, 2.24) is 0 Å². The average molecular weight is 243 g/mol.